The fraction of sp³-hybridized carbons (Fsp3) is 0.800. The lowest BCUT2D eigenvalue weighted by Gasteiger charge is -2.21. The SMILES string of the molecule is CCNC(=NCCCCC(C)C)N(C)Cc1ncnn1C.I. The molecule has 128 valence electrons. The van der Waals surface area contributed by atoms with Crippen LogP contribution < -0.4 is 5.32 Å². The molecule has 0 aliphatic carbocycles. The van der Waals surface area contributed by atoms with Gasteiger partial charge in [-0.15, -0.1) is 24.0 Å². The normalized spacial score (nSPS) is 11.5. The molecule has 0 unspecified atom stereocenters. The summed E-state index contributed by atoms with van der Waals surface area (Å²) in [5, 5.41) is 7.43. The number of aromatic nitrogens is 3. The van der Waals surface area contributed by atoms with Gasteiger partial charge in [0.25, 0.3) is 0 Å². The molecule has 0 amide bonds. The molecule has 1 aromatic rings. The number of nitrogens with zero attached hydrogens (tertiary/aromatic N) is 5. The fourth-order valence-corrected chi connectivity index (χ4v) is 2.07. The first kappa shape index (κ1) is 21.1. The molecule has 0 spiro atoms. The summed E-state index contributed by atoms with van der Waals surface area (Å²) in [6.45, 7) is 9.06. The summed E-state index contributed by atoms with van der Waals surface area (Å²) < 4.78 is 1.79. The zero-order valence-electron chi connectivity index (χ0n) is 14.5. The number of unbranched alkanes of at least 4 members (excludes halogenated alkanes) is 1. The van der Waals surface area contributed by atoms with Crippen LogP contribution in [0, 0.1) is 5.92 Å². The molecule has 0 atom stereocenters. The zero-order chi connectivity index (χ0) is 15.7. The number of hydrogen-bond donors (Lipinski definition) is 1. The van der Waals surface area contributed by atoms with Crippen LogP contribution in [0.2, 0.25) is 0 Å². The molecule has 0 aliphatic heterocycles. The second-order valence-electron chi connectivity index (χ2n) is 5.78. The summed E-state index contributed by atoms with van der Waals surface area (Å²) in [5.41, 5.74) is 0. The molecule has 0 aromatic carbocycles. The van der Waals surface area contributed by atoms with E-state index in [1.807, 2.05) is 14.1 Å². The molecule has 1 aromatic heterocycles. The first-order valence-corrected chi connectivity index (χ1v) is 7.86. The number of guanidine groups is 1. The largest absolute Gasteiger partial charge is 0.357 e. The molecule has 0 bridgehead atoms. The van der Waals surface area contributed by atoms with Gasteiger partial charge in [-0.25, -0.2) is 4.98 Å². The van der Waals surface area contributed by atoms with E-state index in [1.54, 1.807) is 11.0 Å². The van der Waals surface area contributed by atoms with Crippen LogP contribution in [0.3, 0.4) is 0 Å². The lowest BCUT2D eigenvalue weighted by Crippen LogP contribution is -2.39. The third-order valence-electron chi connectivity index (χ3n) is 3.33. The van der Waals surface area contributed by atoms with E-state index in [0.717, 1.165) is 37.2 Å². The van der Waals surface area contributed by atoms with Crippen LogP contribution >= 0.6 is 24.0 Å². The van der Waals surface area contributed by atoms with Crippen molar-refractivity contribution >= 4 is 29.9 Å². The van der Waals surface area contributed by atoms with Crippen LogP contribution in [0.5, 0.6) is 0 Å². The smallest absolute Gasteiger partial charge is 0.194 e. The quantitative estimate of drug-likeness (QED) is 0.303. The first-order valence-electron chi connectivity index (χ1n) is 7.86. The van der Waals surface area contributed by atoms with E-state index >= 15 is 0 Å². The maximum atomic E-state index is 4.69. The van der Waals surface area contributed by atoms with Crippen molar-refractivity contribution in [3.8, 4) is 0 Å². The number of rotatable bonds is 8. The molecular weight excluding hydrogens is 391 g/mol. The molecule has 0 saturated heterocycles. The Labute approximate surface area is 151 Å². The third-order valence-corrected chi connectivity index (χ3v) is 3.33. The van der Waals surface area contributed by atoms with Gasteiger partial charge in [0, 0.05) is 27.2 Å². The Morgan fingerprint density at radius 1 is 1.41 bits per heavy atom. The van der Waals surface area contributed by atoms with Gasteiger partial charge in [-0.2, -0.15) is 5.10 Å². The molecule has 0 saturated carbocycles. The molecule has 1 N–H and O–H groups in total. The Hall–Kier alpha value is -0.860. The summed E-state index contributed by atoms with van der Waals surface area (Å²) in [4.78, 5) is 11.0. The maximum Gasteiger partial charge on any atom is 0.194 e. The van der Waals surface area contributed by atoms with Crippen molar-refractivity contribution in [2.24, 2.45) is 18.0 Å². The molecule has 0 fully saturated rings. The Kier molecular flexibility index (Phi) is 11.2. The van der Waals surface area contributed by atoms with Gasteiger partial charge in [-0.05, 0) is 19.3 Å². The minimum absolute atomic E-state index is 0. The number of aryl methyl sites for hydroxylation is 1. The molecule has 1 heterocycles. The maximum absolute atomic E-state index is 4.69. The van der Waals surface area contributed by atoms with Gasteiger partial charge in [0.2, 0.25) is 0 Å². The molecular formula is C15H31IN6. The molecule has 7 heteroatoms. The van der Waals surface area contributed by atoms with Gasteiger partial charge in [-0.1, -0.05) is 26.7 Å². The van der Waals surface area contributed by atoms with Gasteiger partial charge in [0.05, 0.1) is 6.54 Å². The van der Waals surface area contributed by atoms with Crippen molar-refractivity contribution in [1.82, 2.24) is 25.0 Å². The minimum Gasteiger partial charge on any atom is -0.357 e. The molecule has 0 aliphatic rings. The summed E-state index contributed by atoms with van der Waals surface area (Å²) in [6.07, 6.45) is 5.25. The third kappa shape index (κ3) is 7.95. The Morgan fingerprint density at radius 2 is 2.14 bits per heavy atom. The Balaban J connectivity index is 0.00000441. The van der Waals surface area contributed by atoms with Crippen LogP contribution in [0.25, 0.3) is 0 Å². The summed E-state index contributed by atoms with van der Waals surface area (Å²) >= 11 is 0. The lowest BCUT2D eigenvalue weighted by atomic mass is 10.1. The molecule has 6 nitrogen and oxygen atoms in total. The van der Waals surface area contributed by atoms with Gasteiger partial charge in [0.15, 0.2) is 5.96 Å². The van der Waals surface area contributed by atoms with Crippen molar-refractivity contribution in [3.05, 3.63) is 12.2 Å². The minimum atomic E-state index is 0. The van der Waals surface area contributed by atoms with Gasteiger partial charge in [0.1, 0.15) is 12.2 Å². The van der Waals surface area contributed by atoms with Gasteiger partial charge in [-0.3, -0.25) is 9.67 Å². The van der Waals surface area contributed by atoms with E-state index in [4.69, 9.17) is 4.99 Å². The van der Waals surface area contributed by atoms with E-state index < -0.39 is 0 Å². The highest BCUT2D eigenvalue weighted by Crippen LogP contribution is 2.06. The molecule has 0 radical (unpaired) electrons. The van der Waals surface area contributed by atoms with Crippen LogP contribution in [0.1, 0.15) is 45.9 Å². The van der Waals surface area contributed by atoms with Crippen molar-refractivity contribution in [1.29, 1.82) is 0 Å². The zero-order valence-corrected chi connectivity index (χ0v) is 16.9. The highest BCUT2D eigenvalue weighted by molar-refractivity contribution is 14.0. The highest BCUT2D eigenvalue weighted by atomic mass is 127. The van der Waals surface area contributed by atoms with E-state index in [-0.39, 0.29) is 24.0 Å². The van der Waals surface area contributed by atoms with Crippen LogP contribution in [-0.2, 0) is 13.6 Å². The average Bonchev–Trinajstić information content (AvgIpc) is 2.82. The second-order valence-corrected chi connectivity index (χ2v) is 5.78. The number of halogens is 1. The van der Waals surface area contributed by atoms with Crippen molar-refractivity contribution < 1.29 is 0 Å². The monoisotopic (exact) mass is 422 g/mol. The van der Waals surface area contributed by atoms with Crippen LogP contribution in [-0.4, -0.2) is 45.8 Å². The van der Waals surface area contributed by atoms with E-state index in [0.29, 0.717) is 6.54 Å². The summed E-state index contributed by atoms with van der Waals surface area (Å²) in [5.74, 6) is 2.65. The van der Waals surface area contributed by atoms with Crippen molar-refractivity contribution in [2.45, 2.75) is 46.6 Å². The van der Waals surface area contributed by atoms with Crippen LogP contribution in [0.15, 0.2) is 11.3 Å². The van der Waals surface area contributed by atoms with Crippen LogP contribution in [0.4, 0.5) is 0 Å². The van der Waals surface area contributed by atoms with E-state index in [2.05, 4.69) is 41.1 Å². The Bertz CT molecular complexity index is 429. The number of nitrogens with one attached hydrogen (secondary N) is 1. The van der Waals surface area contributed by atoms with E-state index in [9.17, 15) is 0 Å². The second kappa shape index (κ2) is 11.7. The molecule has 22 heavy (non-hydrogen) atoms. The van der Waals surface area contributed by atoms with Gasteiger partial charge < -0.3 is 10.2 Å². The summed E-state index contributed by atoms with van der Waals surface area (Å²) in [7, 11) is 3.94. The fourth-order valence-electron chi connectivity index (χ4n) is 2.07. The van der Waals surface area contributed by atoms with E-state index in [1.165, 1.54) is 12.8 Å². The topological polar surface area (TPSA) is 58.3 Å². The number of aliphatic imine (C=N–C) groups is 1. The number of hydrogen-bond acceptors (Lipinski definition) is 3. The highest BCUT2D eigenvalue weighted by Gasteiger charge is 2.09. The lowest BCUT2D eigenvalue weighted by molar-refractivity contribution is 0.447. The van der Waals surface area contributed by atoms with Gasteiger partial charge >= 0.3 is 0 Å². The first-order chi connectivity index (χ1) is 10.0. The average molecular weight is 422 g/mol. The summed E-state index contributed by atoms with van der Waals surface area (Å²) in [6, 6.07) is 0. The standard InChI is InChI=1S/C15H30N6.HI/c1-6-16-15(17-10-8-7-9-13(2)3)20(4)11-14-18-12-19-21(14)5;/h12-13H,6-11H2,1-5H3,(H,16,17);1H. The molecule has 1 rings (SSSR count). The Morgan fingerprint density at radius 3 is 2.68 bits per heavy atom. The van der Waals surface area contributed by atoms with Crippen molar-refractivity contribution in [2.75, 3.05) is 20.1 Å². The van der Waals surface area contributed by atoms with Crippen molar-refractivity contribution in [3.63, 3.8) is 0 Å². The predicted octanol–water partition coefficient (Wildman–Crippen LogP) is 2.66. The predicted molar refractivity (Wildman–Crippen MR) is 103 cm³/mol.